The molecule has 2 heteroatoms. The lowest BCUT2D eigenvalue weighted by molar-refractivity contribution is -0.146. The molecule has 0 N–H and O–H groups in total. The molecule has 0 aromatic heterocycles. The zero-order chi connectivity index (χ0) is 12.8. The Morgan fingerprint density at radius 3 is 2.12 bits per heavy atom. The highest BCUT2D eigenvalue weighted by Crippen LogP contribution is 2.19. The molecule has 0 bridgehead atoms. The molecule has 0 fully saturated rings. The Morgan fingerprint density at radius 1 is 1.18 bits per heavy atom. The van der Waals surface area contributed by atoms with Crippen LogP contribution in [0.15, 0.2) is 24.3 Å². The second kappa shape index (κ2) is 6.43. The third kappa shape index (κ3) is 3.88. The highest BCUT2D eigenvalue weighted by Gasteiger charge is 2.23. The van der Waals surface area contributed by atoms with Gasteiger partial charge in [-0.3, -0.25) is 4.79 Å². The minimum atomic E-state index is -0.112. The van der Waals surface area contributed by atoms with Crippen molar-refractivity contribution in [1.82, 2.24) is 0 Å². The third-order valence-electron chi connectivity index (χ3n) is 3.20. The molecule has 0 saturated heterocycles. The molecule has 1 aromatic rings. The second-order valence-corrected chi connectivity index (χ2v) is 4.75. The molecule has 94 valence electrons. The first kappa shape index (κ1) is 13.8. The van der Waals surface area contributed by atoms with E-state index in [4.69, 9.17) is 4.74 Å². The van der Waals surface area contributed by atoms with E-state index in [2.05, 4.69) is 45.0 Å². The van der Waals surface area contributed by atoms with Gasteiger partial charge in [-0.1, -0.05) is 45.0 Å². The quantitative estimate of drug-likeness (QED) is 0.731. The maximum atomic E-state index is 11.7. The maximum Gasteiger partial charge on any atom is 0.309 e. The summed E-state index contributed by atoms with van der Waals surface area (Å²) in [6, 6.07) is 8.47. The SMILES string of the molecule is CCc1ccc(CC(C(=O)OC)C(C)C)cc1. The Labute approximate surface area is 104 Å². The lowest BCUT2D eigenvalue weighted by atomic mass is 9.89. The van der Waals surface area contributed by atoms with Gasteiger partial charge in [0.1, 0.15) is 0 Å². The summed E-state index contributed by atoms with van der Waals surface area (Å²) in [5.74, 6) is 0.139. The summed E-state index contributed by atoms with van der Waals surface area (Å²) in [6.45, 7) is 6.25. The van der Waals surface area contributed by atoms with E-state index in [1.165, 1.54) is 18.2 Å². The van der Waals surface area contributed by atoms with Crippen LogP contribution >= 0.6 is 0 Å². The van der Waals surface area contributed by atoms with E-state index in [0.29, 0.717) is 5.92 Å². The van der Waals surface area contributed by atoms with Crippen molar-refractivity contribution in [3.8, 4) is 0 Å². The summed E-state index contributed by atoms with van der Waals surface area (Å²) >= 11 is 0. The highest BCUT2D eigenvalue weighted by molar-refractivity contribution is 5.72. The third-order valence-corrected chi connectivity index (χ3v) is 3.20. The summed E-state index contributed by atoms with van der Waals surface area (Å²) in [5, 5.41) is 0. The molecular weight excluding hydrogens is 212 g/mol. The van der Waals surface area contributed by atoms with Gasteiger partial charge in [0.25, 0.3) is 0 Å². The van der Waals surface area contributed by atoms with Crippen LogP contribution in [0.5, 0.6) is 0 Å². The van der Waals surface area contributed by atoms with Crippen molar-refractivity contribution in [2.45, 2.75) is 33.6 Å². The number of aryl methyl sites for hydroxylation is 1. The molecule has 0 aliphatic rings. The molecule has 1 rings (SSSR count). The highest BCUT2D eigenvalue weighted by atomic mass is 16.5. The summed E-state index contributed by atoms with van der Waals surface area (Å²) in [4.78, 5) is 11.7. The van der Waals surface area contributed by atoms with Gasteiger partial charge in [0, 0.05) is 0 Å². The topological polar surface area (TPSA) is 26.3 Å². The van der Waals surface area contributed by atoms with Crippen molar-refractivity contribution >= 4 is 5.97 Å². The fraction of sp³-hybridized carbons (Fsp3) is 0.533. The van der Waals surface area contributed by atoms with Gasteiger partial charge in [-0.2, -0.15) is 0 Å². The van der Waals surface area contributed by atoms with Crippen LogP contribution in [-0.4, -0.2) is 13.1 Å². The number of carbonyl (C=O) groups is 1. The smallest absolute Gasteiger partial charge is 0.309 e. The first-order chi connectivity index (χ1) is 8.08. The van der Waals surface area contributed by atoms with E-state index in [1.807, 2.05) is 0 Å². The van der Waals surface area contributed by atoms with Gasteiger partial charge in [-0.15, -0.1) is 0 Å². The van der Waals surface area contributed by atoms with Crippen molar-refractivity contribution in [2.24, 2.45) is 11.8 Å². The Kier molecular flexibility index (Phi) is 5.20. The minimum Gasteiger partial charge on any atom is -0.469 e. The van der Waals surface area contributed by atoms with Gasteiger partial charge < -0.3 is 4.74 Å². The standard InChI is InChI=1S/C15H22O2/c1-5-12-6-8-13(9-7-12)10-14(11(2)3)15(16)17-4/h6-9,11,14H,5,10H2,1-4H3. The molecule has 0 aliphatic carbocycles. The number of methoxy groups -OCH3 is 1. The van der Waals surface area contributed by atoms with E-state index < -0.39 is 0 Å². The van der Waals surface area contributed by atoms with Gasteiger partial charge in [0.2, 0.25) is 0 Å². The van der Waals surface area contributed by atoms with E-state index in [-0.39, 0.29) is 11.9 Å². The van der Waals surface area contributed by atoms with E-state index in [9.17, 15) is 4.79 Å². The minimum absolute atomic E-state index is 0.0486. The van der Waals surface area contributed by atoms with Crippen molar-refractivity contribution in [1.29, 1.82) is 0 Å². The van der Waals surface area contributed by atoms with Crippen LogP contribution in [0.2, 0.25) is 0 Å². The maximum absolute atomic E-state index is 11.7. The number of hydrogen-bond donors (Lipinski definition) is 0. The molecule has 0 amide bonds. The number of benzene rings is 1. The fourth-order valence-corrected chi connectivity index (χ4v) is 1.91. The van der Waals surface area contributed by atoms with Gasteiger partial charge >= 0.3 is 5.97 Å². The average Bonchev–Trinajstić information content (AvgIpc) is 2.35. The van der Waals surface area contributed by atoms with E-state index in [0.717, 1.165) is 12.8 Å². The lowest BCUT2D eigenvalue weighted by Gasteiger charge is -2.18. The van der Waals surface area contributed by atoms with Crippen LogP contribution in [0.4, 0.5) is 0 Å². The molecule has 2 nitrogen and oxygen atoms in total. The van der Waals surface area contributed by atoms with Gasteiger partial charge in [0.15, 0.2) is 0 Å². The summed E-state index contributed by atoms with van der Waals surface area (Å²) in [7, 11) is 1.46. The van der Waals surface area contributed by atoms with Gasteiger partial charge in [-0.05, 0) is 29.9 Å². The predicted octanol–water partition coefficient (Wildman–Crippen LogP) is 3.24. The molecule has 0 radical (unpaired) electrons. The number of rotatable bonds is 5. The molecule has 0 saturated carbocycles. The van der Waals surface area contributed by atoms with E-state index in [1.54, 1.807) is 0 Å². The first-order valence-electron chi connectivity index (χ1n) is 6.24. The number of hydrogen-bond acceptors (Lipinski definition) is 2. The number of carbonyl (C=O) groups excluding carboxylic acids is 1. The Balaban J connectivity index is 2.75. The molecule has 1 aromatic carbocycles. The Bertz CT molecular complexity index is 352. The molecule has 0 aliphatic heterocycles. The second-order valence-electron chi connectivity index (χ2n) is 4.75. The van der Waals surface area contributed by atoms with Crippen molar-refractivity contribution in [3.05, 3.63) is 35.4 Å². The van der Waals surface area contributed by atoms with Gasteiger partial charge in [0.05, 0.1) is 13.0 Å². The van der Waals surface area contributed by atoms with E-state index >= 15 is 0 Å². The molecule has 1 atom stereocenters. The fourth-order valence-electron chi connectivity index (χ4n) is 1.91. The Hall–Kier alpha value is -1.31. The molecule has 0 heterocycles. The molecule has 17 heavy (non-hydrogen) atoms. The monoisotopic (exact) mass is 234 g/mol. The normalized spacial score (nSPS) is 12.5. The zero-order valence-electron chi connectivity index (χ0n) is 11.2. The van der Waals surface area contributed by atoms with Crippen LogP contribution < -0.4 is 0 Å². The predicted molar refractivity (Wildman–Crippen MR) is 69.9 cm³/mol. The molecule has 0 spiro atoms. The van der Waals surface area contributed by atoms with Crippen molar-refractivity contribution in [2.75, 3.05) is 7.11 Å². The summed E-state index contributed by atoms with van der Waals surface area (Å²) < 4.78 is 4.85. The van der Waals surface area contributed by atoms with Crippen LogP contribution in [-0.2, 0) is 22.4 Å². The van der Waals surface area contributed by atoms with Crippen LogP contribution in [0, 0.1) is 11.8 Å². The molecule has 1 unspecified atom stereocenters. The summed E-state index contributed by atoms with van der Waals surface area (Å²) in [6.07, 6.45) is 1.80. The largest absolute Gasteiger partial charge is 0.469 e. The number of esters is 1. The van der Waals surface area contributed by atoms with Crippen molar-refractivity contribution < 1.29 is 9.53 Å². The summed E-state index contributed by atoms with van der Waals surface area (Å²) in [5.41, 5.74) is 2.53. The van der Waals surface area contributed by atoms with Crippen molar-refractivity contribution in [3.63, 3.8) is 0 Å². The van der Waals surface area contributed by atoms with Crippen LogP contribution in [0.1, 0.15) is 31.9 Å². The zero-order valence-corrected chi connectivity index (χ0v) is 11.2. The average molecular weight is 234 g/mol. The lowest BCUT2D eigenvalue weighted by Crippen LogP contribution is -2.23. The number of ether oxygens (including phenoxy) is 1. The van der Waals surface area contributed by atoms with Crippen LogP contribution in [0.3, 0.4) is 0 Å². The Morgan fingerprint density at radius 2 is 1.71 bits per heavy atom. The van der Waals surface area contributed by atoms with Crippen LogP contribution in [0.25, 0.3) is 0 Å². The molecular formula is C15H22O2. The van der Waals surface area contributed by atoms with Gasteiger partial charge in [-0.25, -0.2) is 0 Å². The first-order valence-corrected chi connectivity index (χ1v) is 6.24.